The van der Waals surface area contributed by atoms with Gasteiger partial charge in [-0.2, -0.15) is 0 Å². The number of epoxide rings is 1. The van der Waals surface area contributed by atoms with Crippen LogP contribution in [0, 0.1) is 10.8 Å². The summed E-state index contributed by atoms with van der Waals surface area (Å²) < 4.78 is 5.70. The first-order valence-corrected chi connectivity index (χ1v) is 7.03. The number of allylic oxidation sites excluding steroid dienone is 1. The molecular weight excluding hydrogens is 228 g/mol. The lowest BCUT2D eigenvalue weighted by molar-refractivity contribution is -0.0921. The topological polar surface area (TPSA) is 53.0 Å². The molecule has 0 aromatic heterocycles. The molecule has 0 radical (unpaired) electrons. The van der Waals surface area contributed by atoms with Gasteiger partial charge in [0.15, 0.2) is 0 Å². The molecule has 0 amide bonds. The lowest BCUT2D eigenvalue weighted by Crippen LogP contribution is -2.54. The van der Waals surface area contributed by atoms with E-state index >= 15 is 0 Å². The molecule has 0 aromatic carbocycles. The van der Waals surface area contributed by atoms with Crippen molar-refractivity contribution >= 4 is 0 Å². The highest BCUT2D eigenvalue weighted by molar-refractivity contribution is 5.25. The van der Waals surface area contributed by atoms with Gasteiger partial charge in [-0.3, -0.25) is 0 Å². The standard InChI is InChI=1S/C15H24O3/c1-10-4-6-13(2,12(17)8-10)14(3)7-5-11(16)15(14)9-18-15/h8,11-12,16-17H,4-7,9H2,1-3H3. The number of ether oxygens (including phenoxy) is 1. The molecule has 102 valence electrons. The monoisotopic (exact) mass is 252 g/mol. The minimum atomic E-state index is -0.428. The van der Waals surface area contributed by atoms with E-state index in [4.69, 9.17) is 4.74 Å². The van der Waals surface area contributed by atoms with Gasteiger partial charge in [-0.25, -0.2) is 0 Å². The minimum absolute atomic E-state index is 0.129. The zero-order valence-corrected chi connectivity index (χ0v) is 11.6. The van der Waals surface area contributed by atoms with E-state index in [-0.39, 0.29) is 22.5 Å². The fraction of sp³-hybridized carbons (Fsp3) is 0.867. The summed E-state index contributed by atoms with van der Waals surface area (Å²) in [4.78, 5) is 0. The van der Waals surface area contributed by atoms with E-state index in [2.05, 4.69) is 20.8 Å². The van der Waals surface area contributed by atoms with Gasteiger partial charge < -0.3 is 14.9 Å². The van der Waals surface area contributed by atoms with Gasteiger partial charge in [-0.05, 0) is 32.6 Å². The van der Waals surface area contributed by atoms with Crippen LogP contribution in [0.25, 0.3) is 0 Å². The van der Waals surface area contributed by atoms with Crippen molar-refractivity contribution < 1.29 is 14.9 Å². The van der Waals surface area contributed by atoms with Crippen LogP contribution >= 0.6 is 0 Å². The van der Waals surface area contributed by atoms with E-state index < -0.39 is 6.10 Å². The van der Waals surface area contributed by atoms with E-state index in [1.807, 2.05) is 6.08 Å². The fourth-order valence-electron chi connectivity index (χ4n) is 4.34. The Labute approximate surface area is 109 Å². The summed E-state index contributed by atoms with van der Waals surface area (Å²) in [5, 5.41) is 20.8. The molecule has 5 unspecified atom stereocenters. The molecule has 0 bridgehead atoms. The van der Waals surface area contributed by atoms with Crippen molar-refractivity contribution in [3.8, 4) is 0 Å². The molecule has 3 nitrogen and oxygen atoms in total. The third-order valence-corrected chi connectivity index (χ3v) is 6.24. The number of aliphatic hydroxyl groups is 2. The Morgan fingerprint density at radius 1 is 1.28 bits per heavy atom. The molecule has 5 atom stereocenters. The molecule has 3 heteroatoms. The van der Waals surface area contributed by atoms with Crippen molar-refractivity contribution in [1.29, 1.82) is 0 Å². The third-order valence-electron chi connectivity index (χ3n) is 6.24. The van der Waals surface area contributed by atoms with Crippen molar-refractivity contribution in [3.63, 3.8) is 0 Å². The first-order chi connectivity index (χ1) is 8.36. The fourth-order valence-corrected chi connectivity index (χ4v) is 4.34. The van der Waals surface area contributed by atoms with Gasteiger partial charge in [0.05, 0.1) is 18.8 Å². The summed E-state index contributed by atoms with van der Waals surface area (Å²) in [5.41, 5.74) is 0.561. The van der Waals surface area contributed by atoms with E-state index in [1.54, 1.807) is 0 Å². The second-order valence-corrected chi connectivity index (χ2v) is 6.94. The predicted molar refractivity (Wildman–Crippen MR) is 69.1 cm³/mol. The van der Waals surface area contributed by atoms with E-state index in [9.17, 15) is 10.2 Å². The Morgan fingerprint density at radius 2 is 1.94 bits per heavy atom. The van der Waals surface area contributed by atoms with Crippen molar-refractivity contribution in [2.75, 3.05) is 6.61 Å². The van der Waals surface area contributed by atoms with E-state index in [0.717, 1.165) is 25.7 Å². The van der Waals surface area contributed by atoms with E-state index in [1.165, 1.54) is 5.57 Å². The molecule has 1 saturated carbocycles. The third kappa shape index (κ3) is 1.30. The maximum Gasteiger partial charge on any atom is 0.123 e. The van der Waals surface area contributed by atoms with Gasteiger partial charge >= 0.3 is 0 Å². The molecule has 0 aromatic rings. The Bertz CT molecular complexity index is 399. The molecule has 1 spiro atoms. The zero-order chi connectivity index (χ0) is 13.2. The Hall–Kier alpha value is -0.380. The van der Waals surface area contributed by atoms with Crippen LogP contribution in [-0.4, -0.2) is 34.6 Å². The van der Waals surface area contributed by atoms with Crippen LogP contribution < -0.4 is 0 Å². The molecule has 3 aliphatic rings. The average molecular weight is 252 g/mol. The summed E-state index contributed by atoms with van der Waals surface area (Å²) in [5.74, 6) is 0. The van der Waals surface area contributed by atoms with Gasteiger partial charge in [-0.1, -0.05) is 25.5 Å². The van der Waals surface area contributed by atoms with Gasteiger partial charge in [0.2, 0.25) is 0 Å². The largest absolute Gasteiger partial charge is 0.390 e. The molecule has 3 rings (SSSR count). The summed E-state index contributed by atoms with van der Waals surface area (Å²) in [6.07, 6.45) is 4.95. The summed E-state index contributed by atoms with van der Waals surface area (Å²) in [6.45, 7) is 7.10. The van der Waals surface area contributed by atoms with Crippen LogP contribution in [0.15, 0.2) is 11.6 Å². The Kier molecular flexibility index (Phi) is 2.52. The lowest BCUT2D eigenvalue weighted by atomic mass is 9.54. The number of aliphatic hydroxyl groups excluding tert-OH is 2. The molecule has 1 saturated heterocycles. The summed E-state index contributed by atoms with van der Waals surface area (Å²) in [7, 11) is 0. The van der Waals surface area contributed by atoms with Crippen LogP contribution in [0.2, 0.25) is 0 Å². The maximum absolute atomic E-state index is 10.6. The molecule has 2 N–H and O–H groups in total. The first kappa shape index (κ1) is 12.6. The summed E-state index contributed by atoms with van der Waals surface area (Å²) in [6, 6.07) is 0. The SMILES string of the molecule is CC1=CC(O)C(C)(C2(C)CCC(O)C23CO3)CC1. The quantitative estimate of drug-likeness (QED) is 0.554. The van der Waals surface area contributed by atoms with Crippen LogP contribution in [0.3, 0.4) is 0 Å². The minimum Gasteiger partial charge on any atom is -0.390 e. The number of hydrogen-bond acceptors (Lipinski definition) is 3. The van der Waals surface area contributed by atoms with Crippen molar-refractivity contribution in [2.24, 2.45) is 10.8 Å². The molecule has 1 heterocycles. The summed E-state index contributed by atoms with van der Waals surface area (Å²) >= 11 is 0. The number of rotatable bonds is 1. The van der Waals surface area contributed by atoms with Crippen molar-refractivity contribution in [2.45, 2.75) is 64.3 Å². The van der Waals surface area contributed by atoms with Gasteiger partial charge in [0.1, 0.15) is 5.60 Å². The molecule has 18 heavy (non-hydrogen) atoms. The highest BCUT2D eigenvalue weighted by atomic mass is 16.6. The van der Waals surface area contributed by atoms with Crippen molar-refractivity contribution in [3.05, 3.63) is 11.6 Å². The smallest absolute Gasteiger partial charge is 0.123 e. The van der Waals surface area contributed by atoms with Gasteiger partial charge in [-0.15, -0.1) is 0 Å². The lowest BCUT2D eigenvalue weighted by Gasteiger charge is -2.51. The average Bonchev–Trinajstić information content (AvgIpc) is 3.08. The molecular formula is C15H24O3. The Balaban J connectivity index is 1.99. The van der Waals surface area contributed by atoms with Crippen LogP contribution in [0.1, 0.15) is 46.5 Å². The van der Waals surface area contributed by atoms with Crippen LogP contribution in [-0.2, 0) is 4.74 Å². The zero-order valence-electron chi connectivity index (χ0n) is 11.6. The van der Waals surface area contributed by atoms with Crippen LogP contribution in [0.4, 0.5) is 0 Å². The second kappa shape index (κ2) is 3.59. The predicted octanol–water partition coefficient (Wildman–Crippen LogP) is 2.02. The maximum atomic E-state index is 10.6. The second-order valence-electron chi connectivity index (χ2n) is 6.94. The normalized spacial score (nSPS) is 55.7. The molecule has 2 fully saturated rings. The van der Waals surface area contributed by atoms with Crippen LogP contribution in [0.5, 0.6) is 0 Å². The van der Waals surface area contributed by atoms with Gasteiger partial charge in [0, 0.05) is 10.8 Å². The van der Waals surface area contributed by atoms with Gasteiger partial charge in [0.25, 0.3) is 0 Å². The highest BCUT2D eigenvalue weighted by Gasteiger charge is 2.73. The first-order valence-electron chi connectivity index (χ1n) is 7.03. The van der Waals surface area contributed by atoms with E-state index in [0.29, 0.717) is 6.61 Å². The Morgan fingerprint density at radius 3 is 2.50 bits per heavy atom. The molecule has 1 aliphatic heterocycles. The number of hydrogen-bond donors (Lipinski definition) is 2. The van der Waals surface area contributed by atoms with Crippen molar-refractivity contribution in [1.82, 2.24) is 0 Å². The molecule has 2 aliphatic carbocycles. The highest BCUT2D eigenvalue weighted by Crippen LogP contribution is 2.66.